The van der Waals surface area contributed by atoms with Crippen LogP contribution in [0.15, 0.2) is 34.1 Å². The minimum absolute atomic E-state index is 0.204. The lowest BCUT2D eigenvalue weighted by atomic mass is 10.2. The normalized spacial score (nSPS) is 10.1. The van der Waals surface area contributed by atoms with Gasteiger partial charge in [0.15, 0.2) is 6.61 Å². The summed E-state index contributed by atoms with van der Waals surface area (Å²) in [4.78, 5) is 35.1. The Balaban J connectivity index is 1.97. The van der Waals surface area contributed by atoms with E-state index in [1.54, 1.807) is 17.5 Å². The molecule has 0 saturated carbocycles. The molecule has 126 valence electrons. The van der Waals surface area contributed by atoms with E-state index in [0.717, 1.165) is 11.3 Å². The third kappa shape index (κ3) is 4.33. The van der Waals surface area contributed by atoms with Gasteiger partial charge in [-0.3, -0.25) is 9.59 Å². The second-order valence-corrected chi connectivity index (χ2v) is 6.27. The van der Waals surface area contributed by atoms with Gasteiger partial charge in [0.05, 0.1) is 18.2 Å². The lowest BCUT2D eigenvalue weighted by molar-refractivity contribution is -0.119. The van der Waals surface area contributed by atoms with Gasteiger partial charge in [-0.2, -0.15) is 0 Å². The molecule has 0 aliphatic heterocycles. The topological polar surface area (TPSA) is 108 Å². The first kappa shape index (κ1) is 18.0. The van der Waals surface area contributed by atoms with Crippen molar-refractivity contribution in [3.8, 4) is 5.75 Å². The molecule has 2 rings (SSSR count). The molecule has 1 aromatic heterocycles. The van der Waals surface area contributed by atoms with E-state index >= 15 is 0 Å². The van der Waals surface area contributed by atoms with E-state index in [-0.39, 0.29) is 11.1 Å². The second kappa shape index (κ2) is 7.93. The van der Waals surface area contributed by atoms with Crippen LogP contribution < -0.4 is 15.8 Å². The van der Waals surface area contributed by atoms with Gasteiger partial charge in [-0.1, -0.05) is 0 Å². The highest BCUT2D eigenvalue weighted by Gasteiger charge is 2.16. The Hall–Kier alpha value is -2.39. The van der Waals surface area contributed by atoms with Crippen LogP contribution >= 0.6 is 27.3 Å². The molecule has 0 atom stereocenters. The lowest BCUT2D eigenvalue weighted by Gasteiger charge is -2.08. The van der Waals surface area contributed by atoms with Gasteiger partial charge < -0.3 is 20.5 Å². The van der Waals surface area contributed by atoms with Gasteiger partial charge in [-0.05, 0) is 45.6 Å². The Labute approximate surface area is 149 Å². The summed E-state index contributed by atoms with van der Waals surface area (Å²) in [5.74, 6) is -1.42. The summed E-state index contributed by atoms with van der Waals surface area (Å²) in [6.45, 7) is -0.501. The van der Waals surface area contributed by atoms with E-state index in [4.69, 9.17) is 15.2 Å². The maximum absolute atomic E-state index is 12.1. The molecule has 3 N–H and O–H groups in total. The Kier molecular flexibility index (Phi) is 5.93. The molecule has 7 nitrogen and oxygen atoms in total. The number of methoxy groups -OCH3 is 1. The fourth-order valence-corrected chi connectivity index (χ4v) is 2.98. The van der Waals surface area contributed by atoms with Crippen molar-refractivity contribution in [2.75, 3.05) is 19.0 Å². The van der Waals surface area contributed by atoms with Crippen molar-refractivity contribution in [2.45, 2.75) is 0 Å². The number of ether oxygens (including phenoxy) is 2. The molecular formula is C15H13BrN2O5S. The van der Waals surface area contributed by atoms with Gasteiger partial charge in [-0.25, -0.2) is 4.79 Å². The molecule has 0 aliphatic carbocycles. The molecular weight excluding hydrogens is 400 g/mol. The van der Waals surface area contributed by atoms with Crippen LogP contribution in [0.4, 0.5) is 5.00 Å². The zero-order chi connectivity index (χ0) is 17.7. The number of carbonyl (C=O) groups is 3. The zero-order valence-electron chi connectivity index (χ0n) is 12.5. The first-order chi connectivity index (χ1) is 11.4. The van der Waals surface area contributed by atoms with Crippen LogP contribution in [-0.4, -0.2) is 31.5 Å². The fourth-order valence-electron chi connectivity index (χ4n) is 1.76. The monoisotopic (exact) mass is 412 g/mol. The Morgan fingerprint density at radius 3 is 2.67 bits per heavy atom. The van der Waals surface area contributed by atoms with Crippen molar-refractivity contribution < 1.29 is 23.9 Å². The number of nitrogens with one attached hydrogen (secondary N) is 1. The number of hydrogen-bond donors (Lipinski definition) is 2. The van der Waals surface area contributed by atoms with Crippen LogP contribution in [0.2, 0.25) is 0 Å². The minimum atomic E-state index is -0.683. The summed E-state index contributed by atoms with van der Waals surface area (Å²) >= 11 is 4.38. The Morgan fingerprint density at radius 2 is 2.00 bits per heavy atom. The standard InChI is InChI=1S/C15H13BrN2O5S/c1-22-8-2-3-11(16)10(6-8)15(21)23-7-12(19)18-14-9(13(17)20)4-5-24-14/h2-6H,7H2,1H3,(H2,17,20)(H,18,19). The summed E-state index contributed by atoms with van der Waals surface area (Å²) in [6.07, 6.45) is 0. The molecule has 2 aromatic rings. The number of benzene rings is 1. The molecule has 24 heavy (non-hydrogen) atoms. The molecule has 0 saturated heterocycles. The van der Waals surface area contributed by atoms with Gasteiger partial charge in [0.1, 0.15) is 10.8 Å². The van der Waals surface area contributed by atoms with Gasteiger partial charge in [0, 0.05) is 4.47 Å². The quantitative estimate of drug-likeness (QED) is 0.708. The first-order valence-corrected chi connectivity index (χ1v) is 8.27. The van der Waals surface area contributed by atoms with Crippen molar-refractivity contribution >= 4 is 50.1 Å². The fraction of sp³-hybridized carbons (Fsp3) is 0.133. The molecule has 2 amide bonds. The summed E-state index contributed by atoms with van der Waals surface area (Å²) in [5.41, 5.74) is 5.63. The van der Waals surface area contributed by atoms with E-state index in [1.165, 1.54) is 19.2 Å². The number of primary amides is 1. The smallest absolute Gasteiger partial charge is 0.339 e. The first-order valence-electron chi connectivity index (χ1n) is 6.60. The largest absolute Gasteiger partial charge is 0.497 e. The summed E-state index contributed by atoms with van der Waals surface area (Å²) in [5, 5.41) is 4.41. The molecule has 0 spiro atoms. The number of rotatable bonds is 6. The number of carbonyl (C=O) groups excluding carboxylic acids is 3. The van der Waals surface area contributed by atoms with E-state index in [2.05, 4.69) is 21.2 Å². The number of anilines is 1. The van der Waals surface area contributed by atoms with Gasteiger partial charge in [0.25, 0.3) is 11.8 Å². The predicted molar refractivity (Wildman–Crippen MR) is 92.4 cm³/mol. The molecule has 1 aromatic carbocycles. The van der Waals surface area contributed by atoms with Crippen LogP contribution in [0.5, 0.6) is 5.75 Å². The van der Waals surface area contributed by atoms with Crippen LogP contribution in [0.1, 0.15) is 20.7 Å². The Bertz CT molecular complexity index is 790. The van der Waals surface area contributed by atoms with Crippen molar-refractivity contribution in [2.24, 2.45) is 5.73 Å². The highest BCUT2D eigenvalue weighted by molar-refractivity contribution is 9.10. The summed E-state index contributed by atoms with van der Waals surface area (Å²) < 4.78 is 10.5. The van der Waals surface area contributed by atoms with Crippen molar-refractivity contribution in [3.05, 3.63) is 45.2 Å². The average Bonchev–Trinajstić information content (AvgIpc) is 3.01. The summed E-state index contributed by atoms with van der Waals surface area (Å²) in [6, 6.07) is 6.31. The highest BCUT2D eigenvalue weighted by atomic mass is 79.9. The molecule has 0 unspecified atom stereocenters. The SMILES string of the molecule is COc1ccc(Br)c(C(=O)OCC(=O)Nc2sccc2C(N)=O)c1. The maximum Gasteiger partial charge on any atom is 0.339 e. The van der Waals surface area contributed by atoms with Gasteiger partial charge in [0.2, 0.25) is 0 Å². The van der Waals surface area contributed by atoms with Crippen LogP contribution in [-0.2, 0) is 9.53 Å². The van der Waals surface area contributed by atoms with Gasteiger partial charge >= 0.3 is 5.97 Å². The number of halogens is 1. The number of thiophene rings is 1. The van der Waals surface area contributed by atoms with E-state index in [0.29, 0.717) is 15.2 Å². The molecule has 0 aliphatic rings. The number of amides is 2. The predicted octanol–water partition coefficient (Wildman–Crippen LogP) is 2.41. The van der Waals surface area contributed by atoms with E-state index in [1.807, 2.05) is 0 Å². The van der Waals surface area contributed by atoms with Crippen LogP contribution in [0.25, 0.3) is 0 Å². The number of hydrogen-bond acceptors (Lipinski definition) is 6. The molecule has 1 heterocycles. The molecule has 0 fully saturated rings. The van der Waals surface area contributed by atoms with Crippen LogP contribution in [0, 0.1) is 0 Å². The molecule has 0 bridgehead atoms. The third-order valence-corrected chi connectivity index (χ3v) is 4.43. The van der Waals surface area contributed by atoms with Crippen molar-refractivity contribution in [3.63, 3.8) is 0 Å². The van der Waals surface area contributed by atoms with Crippen LogP contribution in [0.3, 0.4) is 0 Å². The number of esters is 1. The van der Waals surface area contributed by atoms with Gasteiger partial charge in [-0.15, -0.1) is 11.3 Å². The third-order valence-electron chi connectivity index (χ3n) is 2.91. The minimum Gasteiger partial charge on any atom is -0.497 e. The lowest BCUT2D eigenvalue weighted by Crippen LogP contribution is -2.22. The molecule has 0 radical (unpaired) electrons. The zero-order valence-corrected chi connectivity index (χ0v) is 14.9. The summed E-state index contributed by atoms with van der Waals surface area (Å²) in [7, 11) is 1.48. The van der Waals surface area contributed by atoms with E-state index in [9.17, 15) is 14.4 Å². The van der Waals surface area contributed by atoms with Crippen molar-refractivity contribution in [1.82, 2.24) is 0 Å². The van der Waals surface area contributed by atoms with E-state index < -0.39 is 24.4 Å². The van der Waals surface area contributed by atoms with Crippen molar-refractivity contribution in [1.29, 1.82) is 0 Å². The average molecular weight is 413 g/mol. The number of nitrogens with two attached hydrogens (primary N) is 1. The highest BCUT2D eigenvalue weighted by Crippen LogP contribution is 2.24. The Morgan fingerprint density at radius 1 is 1.25 bits per heavy atom. The molecule has 9 heteroatoms. The maximum atomic E-state index is 12.1. The second-order valence-electron chi connectivity index (χ2n) is 4.50.